The number of nitrogens with zero attached hydrogens (tertiary/aromatic N) is 1. The predicted molar refractivity (Wildman–Crippen MR) is 149 cm³/mol. The van der Waals surface area contributed by atoms with Crippen molar-refractivity contribution in [1.82, 2.24) is 5.32 Å². The van der Waals surface area contributed by atoms with E-state index in [0.29, 0.717) is 6.26 Å². The molecule has 37 heavy (non-hydrogen) atoms. The van der Waals surface area contributed by atoms with E-state index in [1.54, 1.807) is 20.8 Å². The van der Waals surface area contributed by atoms with Crippen LogP contribution in [0.2, 0.25) is 0 Å². The zero-order valence-corrected chi connectivity index (χ0v) is 25.8. The summed E-state index contributed by atoms with van der Waals surface area (Å²) in [5.41, 5.74) is 4.32. The summed E-state index contributed by atoms with van der Waals surface area (Å²) in [4.78, 5) is 22.1. The third kappa shape index (κ3) is 29.0. The van der Waals surface area contributed by atoms with Crippen molar-refractivity contribution in [3.05, 3.63) is 0 Å². The molecule has 0 aliphatic carbocycles. The second-order valence-electron chi connectivity index (χ2n) is 10.6. The third-order valence-electron chi connectivity index (χ3n) is 5.41. The first-order valence-corrected chi connectivity index (χ1v) is 15.4. The summed E-state index contributed by atoms with van der Waals surface area (Å²) in [7, 11) is -3.92. The average molecular weight is 556 g/mol. The zero-order chi connectivity index (χ0) is 29.7. The average Bonchev–Trinajstić information content (AvgIpc) is 2.74. The molecule has 0 aliphatic rings. The summed E-state index contributed by atoms with van der Waals surface area (Å²) < 4.78 is 33.5. The fourth-order valence-electron chi connectivity index (χ4n) is 3.51. The molecule has 224 valence electrons. The Labute approximate surface area is 227 Å². The van der Waals surface area contributed by atoms with Crippen LogP contribution in [0.1, 0.15) is 107 Å². The number of nitrogens with two attached hydrogens (primary N) is 1. The van der Waals surface area contributed by atoms with Crippen LogP contribution >= 0.6 is 0 Å². The van der Waals surface area contributed by atoms with E-state index in [2.05, 4.69) is 33.0 Å². The van der Waals surface area contributed by atoms with Gasteiger partial charge < -0.3 is 29.9 Å². The number of quaternary nitrogens is 1. The summed E-state index contributed by atoms with van der Waals surface area (Å²) in [5, 5.41) is 11.3. The van der Waals surface area contributed by atoms with Crippen molar-refractivity contribution in [2.45, 2.75) is 125 Å². The maximum Gasteiger partial charge on any atom is 0.408 e. The largest absolute Gasteiger partial charge is 0.748 e. The van der Waals surface area contributed by atoms with Crippen molar-refractivity contribution in [2.75, 3.05) is 32.4 Å². The summed E-state index contributed by atoms with van der Waals surface area (Å²) in [6.07, 6.45) is 9.82. The van der Waals surface area contributed by atoms with E-state index in [1.165, 1.54) is 89.0 Å². The van der Waals surface area contributed by atoms with Crippen LogP contribution < -0.4 is 11.1 Å². The first-order chi connectivity index (χ1) is 16.9. The molecule has 0 spiro atoms. The SMILES string of the molecule is CC(O)C(NC(=O)OC(C)(C)C)C(N)=O.CCCC[N+](CCCC)(CCCC)CCCC.CS(=O)(=O)[O-]. The molecule has 2 atom stereocenters. The van der Waals surface area contributed by atoms with Crippen molar-refractivity contribution in [3.8, 4) is 0 Å². The number of hydrogen-bond acceptors (Lipinski definition) is 7. The van der Waals surface area contributed by atoms with Gasteiger partial charge >= 0.3 is 6.09 Å². The van der Waals surface area contributed by atoms with E-state index in [-0.39, 0.29) is 0 Å². The van der Waals surface area contributed by atoms with Gasteiger partial charge in [0.25, 0.3) is 0 Å². The highest BCUT2D eigenvalue weighted by Gasteiger charge is 2.26. The van der Waals surface area contributed by atoms with Crippen molar-refractivity contribution < 1.29 is 36.9 Å². The lowest BCUT2D eigenvalue weighted by molar-refractivity contribution is -0.929. The van der Waals surface area contributed by atoms with Gasteiger partial charge in [0.1, 0.15) is 11.6 Å². The molecule has 0 aromatic carbocycles. The van der Waals surface area contributed by atoms with Gasteiger partial charge in [0.15, 0.2) is 0 Å². The van der Waals surface area contributed by atoms with E-state index in [0.717, 1.165) is 0 Å². The zero-order valence-electron chi connectivity index (χ0n) is 25.0. The van der Waals surface area contributed by atoms with Crippen LogP contribution in [0.15, 0.2) is 0 Å². The molecule has 2 unspecified atom stereocenters. The quantitative estimate of drug-likeness (QED) is 0.204. The maximum absolute atomic E-state index is 11.2. The smallest absolute Gasteiger partial charge is 0.408 e. The van der Waals surface area contributed by atoms with Crippen molar-refractivity contribution in [1.29, 1.82) is 0 Å². The maximum atomic E-state index is 11.2. The number of unbranched alkanes of at least 4 members (excludes halogenated alkanes) is 4. The molecule has 0 radical (unpaired) electrons. The Morgan fingerprint density at radius 3 is 1.41 bits per heavy atom. The lowest BCUT2D eigenvalue weighted by Gasteiger charge is -2.39. The van der Waals surface area contributed by atoms with Crippen molar-refractivity contribution >= 4 is 22.1 Å². The highest BCUT2D eigenvalue weighted by atomic mass is 32.2. The van der Waals surface area contributed by atoms with Crippen LogP contribution in [0.4, 0.5) is 4.79 Å². The Balaban J connectivity index is -0.000000531. The van der Waals surface area contributed by atoms with Crippen LogP contribution in [-0.2, 0) is 19.6 Å². The molecule has 0 saturated heterocycles. The number of rotatable bonds is 15. The number of ether oxygens (including phenoxy) is 1. The Morgan fingerprint density at radius 1 is 0.919 bits per heavy atom. The summed E-state index contributed by atoms with van der Waals surface area (Å²) in [6.45, 7) is 21.4. The van der Waals surface area contributed by atoms with Crippen LogP contribution in [0.3, 0.4) is 0 Å². The molecule has 0 heterocycles. The predicted octanol–water partition coefficient (Wildman–Crippen LogP) is 3.91. The van der Waals surface area contributed by atoms with Gasteiger partial charge in [-0.05, 0) is 53.4 Å². The summed E-state index contributed by atoms with van der Waals surface area (Å²) in [6, 6.07) is -1.14. The minimum absolute atomic E-state index is 0.604. The second kappa shape index (κ2) is 21.5. The van der Waals surface area contributed by atoms with Gasteiger partial charge in [0.05, 0.1) is 42.4 Å². The fourth-order valence-corrected chi connectivity index (χ4v) is 3.51. The topological polar surface area (TPSA) is 159 Å². The molecule has 11 heteroatoms. The van der Waals surface area contributed by atoms with Gasteiger partial charge in [-0.2, -0.15) is 0 Å². The van der Waals surface area contributed by atoms with Crippen molar-refractivity contribution in [2.24, 2.45) is 5.73 Å². The molecule has 4 N–H and O–H groups in total. The van der Waals surface area contributed by atoms with Crippen LogP contribution in [0.5, 0.6) is 0 Å². The Bertz CT molecular complexity index is 647. The number of carbonyl (C=O) groups is 2. The number of aliphatic hydroxyl groups is 1. The lowest BCUT2D eigenvalue weighted by atomic mass is 10.1. The van der Waals surface area contributed by atoms with Crippen molar-refractivity contribution in [3.63, 3.8) is 0 Å². The Hall–Kier alpha value is -1.43. The highest BCUT2D eigenvalue weighted by molar-refractivity contribution is 7.84. The molecular formula is C26H57N3O7S. The monoisotopic (exact) mass is 555 g/mol. The van der Waals surface area contributed by atoms with Crippen LogP contribution in [0, 0.1) is 0 Å². The summed E-state index contributed by atoms with van der Waals surface area (Å²) >= 11 is 0. The van der Waals surface area contributed by atoms with E-state index in [9.17, 15) is 9.59 Å². The number of amides is 2. The first kappa shape index (κ1) is 40.1. The van der Waals surface area contributed by atoms with Gasteiger partial charge in [-0.25, -0.2) is 13.2 Å². The van der Waals surface area contributed by atoms with Gasteiger partial charge in [0, 0.05) is 6.26 Å². The molecule has 0 rings (SSSR count). The Morgan fingerprint density at radius 2 is 1.22 bits per heavy atom. The minimum atomic E-state index is -3.92. The second-order valence-corrected chi connectivity index (χ2v) is 12.0. The third-order valence-corrected chi connectivity index (χ3v) is 5.41. The molecule has 0 saturated carbocycles. The number of hydrogen-bond donors (Lipinski definition) is 3. The van der Waals surface area contributed by atoms with E-state index in [4.69, 9.17) is 28.5 Å². The van der Waals surface area contributed by atoms with E-state index < -0.39 is 39.9 Å². The molecular weight excluding hydrogens is 498 g/mol. The molecule has 0 bridgehead atoms. The van der Waals surface area contributed by atoms with E-state index in [1.807, 2.05) is 0 Å². The lowest BCUT2D eigenvalue weighted by Crippen LogP contribution is -2.51. The summed E-state index contributed by atoms with van der Waals surface area (Å²) in [5.74, 6) is -0.809. The number of carbonyl (C=O) groups excluding carboxylic acids is 2. The minimum Gasteiger partial charge on any atom is -0.748 e. The van der Waals surface area contributed by atoms with Gasteiger partial charge in [0.2, 0.25) is 5.91 Å². The molecule has 10 nitrogen and oxygen atoms in total. The number of primary amides is 1. The van der Waals surface area contributed by atoms with Crippen LogP contribution in [-0.4, -0.2) is 84.7 Å². The van der Waals surface area contributed by atoms with Gasteiger partial charge in [-0.1, -0.05) is 53.4 Å². The molecule has 0 aliphatic heterocycles. The number of nitrogens with one attached hydrogen (secondary N) is 1. The Kier molecular flexibility index (Phi) is 23.3. The molecule has 0 aromatic rings. The molecule has 0 fully saturated rings. The molecule has 0 aromatic heterocycles. The van der Waals surface area contributed by atoms with Gasteiger partial charge in [-0.3, -0.25) is 4.79 Å². The van der Waals surface area contributed by atoms with Gasteiger partial charge in [-0.15, -0.1) is 0 Å². The molecule has 2 amide bonds. The number of aliphatic hydroxyl groups excluding tert-OH is 1. The normalized spacial score (nSPS) is 13.3. The fraction of sp³-hybridized carbons (Fsp3) is 0.923. The first-order valence-electron chi connectivity index (χ1n) is 13.6. The van der Waals surface area contributed by atoms with E-state index >= 15 is 0 Å². The standard InChI is InChI=1S/C16H36N.C9H18N2O4.CH4O3S/c1-5-9-13-17(14-10-6-2,15-11-7-3)16-12-8-4;1-5(12)6(7(10)13)11-8(14)15-9(2,3)4;1-5(2,3)4/h5-16H2,1-4H3;5-6,12H,1-4H3,(H2,10,13)(H,11,14);1H3,(H,2,3,4)/q+1;;/p-1. The number of alkyl carbamates (subject to hydrolysis) is 1. The van der Waals surface area contributed by atoms with Crippen LogP contribution in [0.25, 0.3) is 0 Å². The highest BCUT2D eigenvalue weighted by Crippen LogP contribution is 2.16.